The number of hydrogen-bond donors (Lipinski definition) is 0. The SMILES string of the molecule is CC(=O)N1C[C@@H](C)C[C@H]1COS(=O)(=O)c1ccc(C)cc1. The number of aryl methyl sites for hydroxylation is 1. The number of likely N-dealkylation sites (tertiary alicyclic amines) is 1. The molecule has 6 heteroatoms. The Bertz CT molecular complexity index is 609. The van der Waals surface area contributed by atoms with Crippen molar-refractivity contribution in [1.29, 1.82) is 0 Å². The zero-order chi connectivity index (χ0) is 15.6. The van der Waals surface area contributed by atoms with E-state index in [1.165, 1.54) is 19.1 Å². The zero-order valence-corrected chi connectivity index (χ0v) is 13.4. The van der Waals surface area contributed by atoms with Gasteiger partial charge in [-0.2, -0.15) is 8.42 Å². The molecule has 1 saturated heterocycles. The first-order valence-corrected chi connectivity index (χ1v) is 8.43. The van der Waals surface area contributed by atoms with Gasteiger partial charge in [-0.3, -0.25) is 8.98 Å². The van der Waals surface area contributed by atoms with E-state index in [0.717, 1.165) is 12.0 Å². The topological polar surface area (TPSA) is 63.7 Å². The van der Waals surface area contributed by atoms with Gasteiger partial charge in [0.05, 0.1) is 17.5 Å². The standard InChI is InChI=1S/C15H21NO4S/c1-11-4-6-15(7-5-11)21(18,19)20-10-14-8-12(2)9-16(14)13(3)17/h4-7,12,14H,8-10H2,1-3H3/t12-,14-/m0/s1. The van der Waals surface area contributed by atoms with Gasteiger partial charge >= 0.3 is 0 Å². The first kappa shape index (κ1) is 16.0. The van der Waals surface area contributed by atoms with Crippen LogP contribution in [0, 0.1) is 12.8 Å². The normalized spacial score (nSPS) is 22.5. The highest BCUT2D eigenvalue weighted by atomic mass is 32.2. The lowest BCUT2D eigenvalue weighted by Crippen LogP contribution is -2.37. The van der Waals surface area contributed by atoms with Crippen LogP contribution in [0.25, 0.3) is 0 Å². The minimum Gasteiger partial charge on any atom is -0.337 e. The van der Waals surface area contributed by atoms with Gasteiger partial charge in [-0.15, -0.1) is 0 Å². The Morgan fingerprint density at radius 3 is 2.52 bits per heavy atom. The predicted molar refractivity (Wildman–Crippen MR) is 79.3 cm³/mol. The van der Waals surface area contributed by atoms with Crippen LogP contribution >= 0.6 is 0 Å². The smallest absolute Gasteiger partial charge is 0.297 e. The van der Waals surface area contributed by atoms with Gasteiger partial charge in [0, 0.05) is 13.5 Å². The molecule has 0 aliphatic carbocycles. The Hall–Kier alpha value is -1.40. The maximum Gasteiger partial charge on any atom is 0.297 e. The van der Waals surface area contributed by atoms with Crippen molar-refractivity contribution >= 4 is 16.0 Å². The molecule has 1 aliphatic rings. The molecule has 0 bridgehead atoms. The second-order valence-electron chi connectivity index (χ2n) is 5.72. The summed E-state index contributed by atoms with van der Waals surface area (Å²) in [6, 6.07) is 6.36. The van der Waals surface area contributed by atoms with Gasteiger partial charge in [-0.05, 0) is 31.4 Å². The quantitative estimate of drug-likeness (QED) is 0.797. The van der Waals surface area contributed by atoms with Crippen LogP contribution in [0.15, 0.2) is 29.2 Å². The molecular formula is C15H21NO4S. The molecule has 0 N–H and O–H groups in total. The Labute approximate surface area is 126 Å². The second kappa shape index (κ2) is 6.15. The Morgan fingerprint density at radius 1 is 1.33 bits per heavy atom. The molecule has 1 amide bonds. The van der Waals surface area contributed by atoms with Crippen LogP contribution in [0.3, 0.4) is 0 Å². The maximum absolute atomic E-state index is 12.1. The number of nitrogens with zero attached hydrogens (tertiary/aromatic N) is 1. The van der Waals surface area contributed by atoms with Crippen molar-refractivity contribution in [2.45, 2.75) is 38.1 Å². The minimum atomic E-state index is -3.77. The number of benzene rings is 1. The molecule has 0 aromatic heterocycles. The van der Waals surface area contributed by atoms with Crippen LogP contribution in [-0.2, 0) is 19.1 Å². The van der Waals surface area contributed by atoms with Crippen molar-refractivity contribution in [3.8, 4) is 0 Å². The molecule has 21 heavy (non-hydrogen) atoms. The maximum atomic E-state index is 12.1. The number of carbonyl (C=O) groups is 1. The fourth-order valence-corrected chi connectivity index (χ4v) is 3.58. The molecule has 2 atom stereocenters. The Morgan fingerprint density at radius 2 is 1.95 bits per heavy atom. The molecule has 1 aromatic carbocycles. The number of rotatable bonds is 4. The summed E-state index contributed by atoms with van der Waals surface area (Å²) in [4.78, 5) is 13.4. The van der Waals surface area contributed by atoms with Gasteiger partial charge in [0.25, 0.3) is 10.1 Å². The van der Waals surface area contributed by atoms with Gasteiger partial charge in [-0.25, -0.2) is 0 Å². The third-order valence-corrected chi connectivity index (χ3v) is 5.05. The highest BCUT2D eigenvalue weighted by Crippen LogP contribution is 2.24. The van der Waals surface area contributed by atoms with E-state index in [-0.39, 0.29) is 23.5 Å². The van der Waals surface area contributed by atoms with Crippen molar-refractivity contribution in [3.63, 3.8) is 0 Å². The van der Waals surface area contributed by atoms with E-state index in [2.05, 4.69) is 0 Å². The van der Waals surface area contributed by atoms with Crippen molar-refractivity contribution in [3.05, 3.63) is 29.8 Å². The molecule has 0 unspecified atom stereocenters. The predicted octanol–water partition coefficient (Wildman–Crippen LogP) is 1.96. The van der Waals surface area contributed by atoms with Crippen molar-refractivity contribution in [2.75, 3.05) is 13.2 Å². The summed E-state index contributed by atoms with van der Waals surface area (Å²) in [5.74, 6) is 0.324. The molecule has 1 aromatic rings. The van der Waals surface area contributed by atoms with Gasteiger partial charge < -0.3 is 4.90 Å². The van der Waals surface area contributed by atoms with Crippen molar-refractivity contribution < 1.29 is 17.4 Å². The van der Waals surface area contributed by atoms with Gasteiger partial charge in [0.2, 0.25) is 5.91 Å². The molecule has 116 valence electrons. The van der Waals surface area contributed by atoms with Crippen LogP contribution in [0.4, 0.5) is 0 Å². The number of carbonyl (C=O) groups excluding carboxylic acids is 1. The van der Waals surface area contributed by atoms with Crippen LogP contribution in [0.2, 0.25) is 0 Å². The lowest BCUT2D eigenvalue weighted by molar-refractivity contribution is -0.130. The van der Waals surface area contributed by atoms with Crippen LogP contribution in [-0.4, -0.2) is 38.4 Å². The highest BCUT2D eigenvalue weighted by molar-refractivity contribution is 7.86. The summed E-state index contributed by atoms with van der Waals surface area (Å²) < 4.78 is 29.4. The largest absolute Gasteiger partial charge is 0.337 e. The van der Waals surface area contributed by atoms with Crippen LogP contribution < -0.4 is 0 Å². The van der Waals surface area contributed by atoms with Gasteiger partial charge in [0.15, 0.2) is 0 Å². The van der Waals surface area contributed by atoms with E-state index in [9.17, 15) is 13.2 Å². The summed E-state index contributed by atoms with van der Waals surface area (Å²) in [5.41, 5.74) is 0.987. The monoisotopic (exact) mass is 311 g/mol. The van der Waals surface area contributed by atoms with E-state index in [4.69, 9.17) is 4.18 Å². The number of amides is 1. The van der Waals surface area contributed by atoms with E-state index in [1.54, 1.807) is 17.0 Å². The summed E-state index contributed by atoms with van der Waals surface area (Å²) in [6.45, 7) is 6.11. The first-order chi connectivity index (χ1) is 9.79. The van der Waals surface area contributed by atoms with Crippen LogP contribution in [0.1, 0.15) is 25.8 Å². The second-order valence-corrected chi connectivity index (χ2v) is 7.33. The molecule has 1 heterocycles. The molecule has 1 fully saturated rings. The molecule has 0 spiro atoms. The lowest BCUT2D eigenvalue weighted by Gasteiger charge is -2.22. The summed E-state index contributed by atoms with van der Waals surface area (Å²) in [6.07, 6.45) is 0.767. The third kappa shape index (κ3) is 3.83. The summed E-state index contributed by atoms with van der Waals surface area (Å²) >= 11 is 0. The number of hydrogen-bond acceptors (Lipinski definition) is 4. The summed E-state index contributed by atoms with van der Waals surface area (Å²) in [7, 11) is -3.77. The van der Waals surface area contributed by atoms with Gasteiger partial charge in [-0.1, -0.05) is 24.6 Å². The molecule has 2 rings (SSSR count). The fourth-order valence-electron chi connectivity index (χ4n) is 2.64. The van der Waals surface area contributed by atoms with E-state index >= 15 is 0 Å². The molecule has 5 nitrogen and oxygen atoms in total. The molecular weight excluding hydrogens is 290 g/mol. The fraction of sp³-hybridized carbons (Fsp3) is 0.533. The van der Waals surface area contributed by atoms with E-state index in [1.807, 2.05) is 13.8 Å². The first-order valence-electron chi connectivity index (χ1n) is 7.03. The summed E-state index contributed by atoms with van der Waals surface area (Å²) in [5, 5.41) is 0. The molecule has 0 radical (unpaired) electrons. The Kier molecular flexibility index (Phi) is 4.68. The molecule has 1 aliphatic heterocycles. The average molecular weight is 311 g/mol. The lowest BCUT2D eigenvalue weighted by atomic mass is 10.1. The van der Waals surface area contributed by atoms with E-state index < -0.39 is 10.1 Å². The molecule has 0 saturated carbocycles. The third-order valence-electron chi connectivity index (χ3n) is 3.75. The highest BCUT2D eigenvalue weighted by Gasteiger charge is 2.32. The van der Waals surface area contributed by atoms with E-state index in [0.29, 0.717) is 12.5 Å². The Balaban J connectivity index is 2.04. The van der Waals surface area contributed by atoms with Crippen molar-refractivity contribution in [1.82, 2.24) is 4.90 Å². The van der Waals surface area contributed by atoms with Gasteiger partial charge in [0.1, 0.15) is 0 Å². The average Bonchev–Trinajstić information content (AvgIpc) is 2.79. The van der Waals surface area contributed by atoms with Crippen molar-refractivity contribution in [2.24, 2.45) is 5.92 Å². The van der Waals surface area contributed by atoms with Crippen LogP contribution in [0.5, 0.6) is 0 Å². The minimum absolute atomic E-state index is 0.0140. The zero-order valence-electron chi connectivity index (χ0n) is 12.6.